The third kappa shape index (κ3) is 9.55. The number of amides is 4. The molecule has 0 bridgehead atoms. The Morgan fingerprint density at radius 1 is 1.02 bits per heavy atom. The molecule has 0 spiro atoms. The average Bonchev–Trinajstić information content (AvgIpc) is 3.63. The van der Waals surface area contributed by atoms with Gasteiger partial charge in [-0.1, -0.05) is 26.8 Å². The monoisotopic (exact) mass is 814 g/mol. The molecular formula is C36H49F3N6O10S. The summed E-state index contributed by atoms with van der Waals surface area (Å²) in [7, 11) is -1.51. The smallest absolute Gasteiger partial charge is 0.451 e. The highest BCUT2D eigenvalue weighted by Gasteiger charge is 2.61. The Bertz CT molecular complexity index is 2000. The summed E-state index contributed by atoms with van der Waals surface area (Å²) in [6.07, 6.45) is -6.08. The lowest BCUT2D eigenvalue weighted by Gasteiger charge is -2.36. The number of alkyl halides is 3. The average molecular weight is 815 g/mol. The molecule has 5 atom stereocenters. The summed E-state index contributed by atoms with van der Waals surface area (Å²) in [5, 5.41) is 4.21. The summed E-state index contributed by atoms with van der Waals surface area (Å²) in [5.41, 5.74) is -3.86. The van der Waals surface area contributed by atoms with E-state index in [1.807, 2.05) is 4.72 Å². The van der Waals surface area contributed by atoms with Gasteiger partial charge in [0.15, 0.2) is 11.5 Å². The predicted molar refractivity (Wildman–Crippen MR) is 196 cm³/mol. The number of hydrogen-bond acceptors (Lipinski definition) is 12. The molecule has 56 heavy (non-hydrogen) atoms. The van der Waals surface area contributed by atoms with Crippen LogP contribution in [0.5, 0.6) is 17.4 Å². The second kappa shape index (κ2) is 15.6. The molecule has 2 heterocycles. The Morgan fingerprint density at radius 3 is 2.12 bits per heavy atom. The lowest BCUT2D eigenvalue weighted by atomic mass is 9.85. The van der Waals surface area contributed by atoms with Gasteiger partial charge in [0.05, 0.1) is 36.9 Å². The number of carbonyl (C=O) groups is 4. The van der Waals surface area contributed by atoms with Gasteiger partial charge in [-0.15, -0.1) is 6.58 Å². The maximum Gasteiger partial charge on any atom is 0.451 e. The topological polar surface area (TPSA) is 204 Å². The van der Waals surface area contributed by atoms with Crippen LogP contribution >= 0.6 is 0 Å². The fourth-order valence-corrected chi connectivity index (χ4v) is 6.77. The maximum absolute atomic E-state index is 14.5. The number of benzene rings is 1. The SMILES string of the molecule is C=CC1CC1(NC(=O)C1CC(Oc2nc(C(F)(F)F)nc3cc(OC)c(OC)cc23)CN1C(=O)[C@@H](NC(=O)OC(C)(C)C)C(C)(C)C)C(=O)NS(=O)(=O)C(C)C. The van der Waals surface area contributed by atoms with Crippen LogP contribution in [0, 0.1) is 11.3 Å². The number of fused-ring (bicyclic) bond motifs is 1. The zero-order valence-corrected chi connectivity index (χ0v) is 33.7. The fourth-order valence-electron chi connectivity index (χ4n) is 6.09. The van der Waals surface area contributed by atoms with E-state index in [1.165, 1.54) is 46.3 Å². The van der Waals surface area contributed by atoms with Gasteiger partial charge in [-0.3, -0.25) is 19.1 Å². The highest BCUT2D eigenvalue weighted by Crippen LogP contribution is 2.45. The van der Waals surface area contributed by atoms with E-state index in [1.54, 1.807) is 41.5 Å². The molecule has 1 aromatic heterocycles. The third-order valence-electron chi connectivity index (χ3n) is 9.23. The Morgan fingerprint density at radius 2 is 1.62 bits per heavy atom. The van der Waals surface area contributed by atoms with Crippen molar-refractivity contribution in [3.05, 3.63) is 30.6 Å². The van der Waals surface area contributed by atoms with Crippen molar-refractivity contribution >= 4 is 44.7 Å². The zero-order valence-electron chi connectivity index (χ0n) is 32.9. The van der Waals surface area contributed by atoms with Crippen molar-refractivity contribution in [3.63, 3.8) is 0 Å². The van der Waals surface area contributed by atoms with E-state index >= 15 is 0 Å². The number of sulfonamides is 1. The van der Waals surface area contributed by atoms with Crippen molar-refractivity contribution in [1.82, 2.24) is 30.2 Å². The van der Waals surface area contributed by atoms with Gasteiger partial charge in [0, 0.05) is 18.4 Å². The molecule has 2 fully saturated rings. The maximum atomic E-state index is 14.5. The summed E-state index contributed by atoms with van der Waals surface area (Å²) < 4.78 is 91.5. The molecule has 4 unspecified atom stereocenters. The third-order valence-corrected chi connectivity index (χ3v) is 10.9. The molecule has 3 N–H and O–H groups in total. The molecule has 1 aliphatic carbocycles. The molecule has 2 aliphatic rings. The van der Waals surface area contributed by atoms with Gasteiger partial charge < -0.3 is 34.5 Å². The van der Waals surface area contributed by atoms with Crippen LogP contribution in [-0.2, 0) is 35.3 Å². The molecule has 1 saturated carbocycles. The van der Waals surface area contributed by atoms with E-state index < -0.39 is 104 Å². The minimum Gasteiger partial charge on any atom is -0.493 e. The Labute approximate surface area is 323 Å². The number of hydrogen-bond donors (Lipinski definition) is 3. The van der Waals surface area contributed by atoms with Gasteiger partial charge in [-0.25, -0.2) is 18.2 Å². The number of alkyl carbamates (subject to hydrolysis) is 1. The van der Waals surface area contributed by atoms with E-state index in [4.69, 9.17) is 18.9 Å². The van der Waals surface area contributed by atoms with Crippen molar-refractivity contribution in [2.45, 2.75) is 109 Å². The first-order valence-corrected chi connectivity index (χ1v) is 19.2. The molecule has 4 amide bonds. The number of nitrogens with one attached hydrogen (secondary N) is 3. The molecule has 310 valence electrons. The van der Waals surface area contributed by atoms with E-state index in [9.17, 15) is 40.8 Å². The van der Waals surface area contributed by atoms with Gasteiger partial charge in [-0.2, -0.15) is 18.2 Å². The highest BCUT2D eigenvalue weighted by atomic mass is 32.2. The molecule has 1 aliphatic heterocycles. The number of carbonyl (C=O) groups excluding carboxylic acids is 4. The van der Waals surface area contributed by atoms with Crippen molar-refractivity contribution in [2.24, 2.45) is 11.3 Å². The van der Waals surface area contributed by atoms with Gasteiger partial charge in [-0.05, 0) is 52.5 Å². The summed E-state index contributed by atoms with van der Waals surface area (Å²) in [6, 6.07) is -0.220. The van der Waals surface area contributed by atoms with Gasteiger partial charge in [0.25, 0.3) is 5.91 Å². The van der Waals surface area contributed by atoms with Crippen molar-refractivity contribution in [1.29, 1.82) is 0 Å². The van der Waals surface area contributed by atoms with Crippen molar-refractivity contribution in [3.8, 4) is 17.4 Å². The summed E-state index contributed by atoms with van der Waals surface area (Å²) in [6.45, 7) is 15.9. The first-order chi connectivity index (χ1) is 25.7. The van der Waals surface area contributed by atoms with Gasteiger partial charge >= 0.3 is 12.3 Å². The Kier molecular flexibility index (Phi) is 12.2. The van der Waals surface area contributed by atoms with Crippen LogP contribution in [0.1, 0.15) is 74.1 Å². The zero-order chi connectivity index (χ0) is 42.3. The second-order valence-corrected chi connectivity index (χ2v) is 18.3. The number of methoxy groups -OCH3 is 2. The summed E-state index contributed by atoms with van der Waals surface area (Å²) in [4.78, 5) is 63.6. The standard InChI is InChI=1S/C36H49F3N6O10S/c1-12-19-16-35(19,31(48)44-56(50,51)18(2)3)43-27(46)23-13-20(17-45(23)29(47)26(33(4,5)6)41-32(49)55-34(7,8)9)54-28-21-14-24(52-10)25(53-11)15-22(21)40-30(42-28)36(37,38)39/h12,14-15,18-20,23,26H,1,13,16-17H2,2-11H3,(H,41,49)(H,43,46)(H,44,48)/t19?,20?,23?,26-,35?/m1/s1. The fraction of sp³-hybridized carbons (Fsp3) is 0.611. The Hall–Kier alpha value is -4.88. The molecule has 0 radical (unpaired) electrons. The van der Waals surface area contributed by atoms with Crippen LogP contribution in [0.3, 0.4) is 0 Å². The van der Waals surface area contributed by atoms with E-state index in [0.29, 0.717) is 0 Å². The molecule has 2 aromatic rings. The van der Waals surface area contributed by atoms with Crippen molar-refractivity contribution in [2.75, 3.05) is 20.8 Å². The minimum atomic E-state index is -5.00. The number of likely N-dealkylation sites (tertiary alicyclic amines) is 1. The number of aromatic nitrogens is 2. The molecule has 20 heteroatoms. The molecule has 1 saturated heterocycles. The van der Waals surface area contributed by atoms with Gasteiger partial charge in [0.1, 0.15) is 29.3 Å². The number of halogens is 3. The van der Waals surface area contributed by atoms with E-state index in [0.717, 1.165) is 4.90 Å². The van der Waals surface area contributed by atoms with Crippen LogP contribution in [0.4, 0.5) is 18.0 Å². The minimum absolute atomic E-state index is 0.00520. The lowest BCUT2D eigenvalue weighted by Crippen LogP contribution is -2.60. The number of ether oxygens (including phenoxy) is 4. The molecule has 4 rings (SSSR count). The van der Waals surface area contributed by atoms with Crippen LogP contribution < -0.4 is 29.6 Å². The summed E-state index contributed by atoms with van der Waals surface area (Å²) in [5.74, 6) is -5.23. The first-order valence-electron chi connectivity index (χ1n) is 17.7. The summed E-state index contributed by atoms with van der Waals surface area (Å²) >= 11 is 0. The van der Waals surface area contributed by atoms with Crippen molar-refractivity contribution < 1.29 is 59.7 Å². The quantitative estimate of drug-likeness (QED) is 0.262. The molecule has 16 nitrogen and oxygen atoms in total. The largest absolute Gasteiger partial charge is 0.493 e. The molecular weight excluding hydrogens is 765 g/mol. The van der Waals surface area contributed by atoms with Crippen LogP contribution in [0.15, 0.2) is 24.8 Å². The van der Waals surface area contributed by atoms with E-state index in [-0.39, 0.29) is 35.2 Å². The van der Waals surface area contributed by atoms with Crippen LogP contribution in [0.25, 0.3) is 10.9 Å². The number of rotatable bonds is 12. The van der Waals surface area contributed by atoms with Crippen LogP contribution in [-0.4, -0.2) is 102 Å². The second-order valence-electron chi connectivity index (χ2n) is 16.0. The van der Waals surface area contributed by atoms with Crippen LogP contribution in [0.2, 0.25) is 0 Å². The Balaban J connectivity index is 1.78. The highest BCUT2D eigenvalue weighted by molar-refractivity contribution is 7.90. The molecule has 1 aromatic carbocycles. The van der Waals surface area contributed by atoms with Gasteiger partial charge in [0.2, 0.25) is 33.5 Å². The predicted octanol–water partition coefficient (Wildman–Crippen LogP) is 3.87. The number of nitrogens with zero attached hydrogens (tertiary/aromatic N) is 3. The lowest BCUT2D eigenvalue weighted by molar-refractivity contribution is -0.145. The normalized spacial score (nSPS) is 21.9. The van der Waals surface area contributed by atoms with E-state index in [2.05, 4.69) is 27.2 Å². The first kappa shape index (κ1) is 43.8.